The molecular weight excluding hydrogens is 306 g/mol. The van der Waals surface area contributed by atoms with E-state index in [1.54, 1.807) is 6.92 Å². The molecule has 2 amide bonds. The predicted molar refractivity (Wildman–Crippen MR) is 90.3 cm³/mol. The van der Waals surface area contributed by atoms with Gasteiger partial charge in [0.1, 0.15) is 5.82 Å². The Morgan fingerprint density at radius 1 is 1.50 bits per heavy atom. The van der Waals surface area contributed by atoms with Crippen molar-refractivity contribution in [2.75, 3.05) is 32.7 Å². The fourth-order valence-corrected chi connectivity index (χ4v) is 3.97. The van der Waals surface area contributed by atoms with E-state index in [1.165, 1.54) is 0 Å². The molecule has 0 aromatic carbocycles. The Hall–Kier alpha value is -1.89. The number of likely N-dealkylation sites (tertiary alicyclic amines) is 1. The predicted octanol–water partition coefficient (Wildman–Crippen LogP) is 0.0197. The molecule has 2 fully saturated rings. The van der Waals surface area contributed by atoms with Crippen molar-refractivity contribution in [2.45, 2.75) is 33.2 Å². The highest BCUT2D eigenvalue weighted by molar-refractivity contribution is 5.86. The van der Waals surface area contributed by atoms with Gasteiger partial charge in [-0.15, -0.1) is 0 Å². The Bertz CT molecular complexity index is 614. The lowest BCUT2D eigenvalue weighted by Crippen LogP contribution is -2.48. The standard InChI is InChI=1S/C17H27N5O2/c1-3-15-19-6-8-21(15)7-4-5-20-16(24)17-11-18-9-14(17)10-22(12-17)13(2)23/h6,8,14,18H,3-5,7,9-12H2,1-2H3,(H,20,24)/t14-,17-/m1/s1. The molecule has 0 saturated carbocycles. The topological polar surface area (TPSA) is 79.3 Å². The zero-order chi connectivity index (χ0) is 17.2. The summed E-state index contributed by atoms with van der Waals surface area (Å²) in [6.45, 7) is 7.87. The van der Waals surface area contributed by atoms with Gasteiger partial charge in [0.2, 0.25) is 11.8 Å². The number of rotatable bonds is 6. The highest BCUT2D eigenvalue weighted by atomic mass is 16.2. The summed E-state index contributed by atoms with van der Waals surface area (Å²) in [4.78, 5) is 30.6. The summed E-state index contributed by atoms with van der Waals surface area (Å²) in [5, 5.41) is 6.42. The number of fused-ring (bicyclic) bond motifs is 1. The van der Waals surface area contributed by atoms with Crippen LogP contribution in [0.1, 0.15) is 26.1 Å². The van der Waals surface area contributed by atoms with E-state index in [-0.39, 0.29) is 17.7 Å². The lowest BCUT2D eigenvalue weighted by Gasteiger charge is -2.26. The first-order valence-corrected chi connectivity index (χ1v) is 8.81. The molecule has 0 bridgehead atoms. The second-order valence-electron chi connectivity index (χ2n) is 6.88. The lowest BCUT2D eigenvalue weighted by atomic mass is 9.80. The number of carbonyl (C=O) groups excluding carboxylic acids is 2. The van der Waals surface area contributed by atoms with Gasteiger partial charge < -0.3 is 20.1 Å². The summed E-state index contributed by atoms with van der Waals surface area (Å²) >= 11 is 0. The van der Waals surface area contributed by atoms with E-state index in [9.17, 15) is 9.59 Å². The van der Waals surface area contributed by atoms with Crippen LogP contribution in [0.4, 0.5) is 0 Å². The minimum absolute atomic E-state index is 0.0591. The maximum Gasteiger partial charge on any atom is 0.229 e. The monoisotopic (exact) mass is 333 g/mol. The molecule has 2 aliphatic heterocycles. The molecule has 0 unspecified atom stereocenters. The van der Waals surface area contributed by atoms with Crippen molar-refractivity contribution >= 4 is 11.8 Å². The summed E-state index contributed by atoms with van der Waals surface area (Å²) in [7, 11) is 0. The van der Waals surface area contributed by atoms with Gasteiger partial charge in [-0.3, -0.25) is 9.59 Å². The van der Waals surface area contributed by atoms with E-state index in [0.29, 0.717) is 26.2 Å². The maximum absolute atomic E-state index is 12.8. The van der Waals surface area contributed by atoms with E-state index in [2.05, 4.69) is 27.1 Å². The Balaban J connectivity index is 1.52. The highest BCUT2D eigenvalue weighted by Gasteiger charge is 2.55. The normalized spacial score (nSPS) is 25.8. The number of imidazole rings is 1. The SMILES string of the molecule is CCc1nccn1CCCNC(=O)[C@@]12CNC[C@@H]1CN(C(C)=O)C2. The van der Waals surface area contributed by atoms with Gasteiger partial charge in [-0.1, -0.05) is 6.92 Å². The molecule has 7 heteroatoms. The van der Waals surface area contributed by atoms with E-state index >= 15 is 0 Å². The minimum atomic E-state index is -0.449. The van der Waals surface area contributed by atoms with Crippen LogP contribution >= 0.6 is 0 Å². The van der Waals surface area contributed by atoms with Crippen molar-refractivity contribution in [3.05, 3.63) is 18.2 Å². The van der Waals surface area contributed by atoms with Gasteiger partial charge >= 0.3 is 0 Å². The van der Waals surface area contributed by atoms with Crippen LogP contribution in [0.25, 0.3) is 0 Å². The molecule has 7 nitrogen and oxygen atoms in total. The van der Waals surface area contributed by atoms with Crippen LogP contribution in [0.2, 0.25) is 0 Å². The largest absolute Gasteiger partial charge is 0.355 e. The molecular formula is C17H27N5O2. The summed E-state index contributed by atoms with van der Waals surface area (Å²) < 4.78 is 2.14. The number of aromatic nitrogens is 2. The third-order valence-electron chi connectivity index (χ3n) is 5.40. The van der Waals surface area contributed by atoms with Crippen LogP contribution < -0.4 is 10.6 Å². The first-order valence-electron chi connectivity index (χ1n) is 8.81. The molecule has 0 spiro atoms. The molecule has 0 aliphatic carbocycles. The van der Waals surface area contributed by atoms with Gasteiger partial charge in [0.25, 0.3) is 0 Å². The zero-order valence-electron chi connectivity index (χ0n) is 14.5. The van der Waals surface area contributed by atoms with Crippen molar-refractivity contribution < 1.29 is 9.59 Å². The van der Waals surface area contributed by atoms with Gasteiger partial charge in [-0.05, 0) is 6.42 Å². The maximum atomic E-state index is 12.8. The van der Waals surface area contributed by atoms with Crippen molar-refractivity contribution in [1.82, 2.24) is 25.1 Å². The van der Waals surface area contributed by atoms with Gasteiger partial charge in [-0.25, -0.2) is 4.98 Å². The number of aryl methyl sites for hydroxylation is 2. The molecule has 2 saturated heterocycles. The zero-order valence-corrected chi connectivity index (χ0v) is 14.5. The van der Waals surface area contributed by atoms with Gasteiger partial charge in [-0.2, -0.15) is 0 Å². The Kier molecular flexibility index (Phi) is 4.89. The smallest absolute Gasteiger partial charge is 0.229 e. The Labute approximate surface area is 142 Å². The minimum Gasteiger partial charge on any atom is -0.355 e. The number of carbonyl (C=O) groups is 2. The van der Waals surface area contributed by atoms with Crippen molar-refractivity contribution in [2.24, 2.45) is 11.3 Å². The number of hydrogen-bond donors (Lipinski definition) is 2. The van der Waals surface area contributed by atoms with Crippen molar-refractivity contribution in [3.63, 3.8) is 0 Å². The second kappa shape index (κ2) is 6.93. The molecule has 1 aromatic heterocycles. The molecule has 0 radical (unpaired) electrons. The summed E-state index contributed by atoms with van der Waals surface area (Å²) in [5.41, 5.74) is -0.449. The van der Waals surface area contributed by atoms with Gasteiger partial charge in [0.05, 0.1) is 5.41 Å². The van der Waals surface area contributed by atoms with Crippen LogP contribution in [0, 0.1) is 11.3 Å². The first kappa shape index (κ1) is 17.0. The molecule has 2 aliphatic rings. The fraction of sp³-hybridized carbons (Fsp3) is 0.706. The number of amides is 2. The molecule has 2 N–H and O–H groups in total. The van der Waals surface area contributed by atoms with Gasteiger partial charge in [0.15, 0.2) is 0 Å². The van der Waals surface area contributed by atoms with Crippen LogP contribution in [-0.4, -0.2) is 59.0 Å². The van der Waals surface area contributed by atoms with Crippen LogP contribution in [0.5, 0.6) is 0 Å². The van der Waals surface area contributed by atoms with Crippen LogP contribution in [-0.2, 0) is 22.6 Å². The molecule has 3 rings (SSSR count). The number of nitrogens with zero attached hydrogens (tertiary/aromatic N) is 3. The number of hydrogen-bond acceptors (Lipinski definition) is 4. The van der Waals surface area contributed by atoms with E-state index in [0.717, 1.165) is 31.8 Å². The molecule has 3 heterocycles. The fourth-order valence-electron chi connectivity index (χ4n) is 3.97. The van der Waals surface area contributed by atoms with Crippen molar-refractivity contribution in [3.8, 4) is 0 Å². The summed E-state index contributed by atoms with van der Waals surface area (Å²) in [6, 6.07) is 0. The Morgan fingerprint density at radius 2 is 2.33 bits per heavy atom. The van der Waals surface area contributed by atoms with E-state index < -0.39 is 5.41 Å². The first-order chi connectivity index (χ1) is 11.6. The second-order valence-corrected chi connectivity index (χ2v) is 6.88. The third kappa shape index (κ3) is 3.05. The van der Waals surface area contributed by atoms with E-state index in [4.69, 9.17) is 0 Å². The summed E-state index contributed by atoms with van der Waals surface area (Å²) in [5.74, 6) is 1.45. The van der Waals surface area contributed by atoms with Gasteiger partial charge in [0, 0.05) is 70.9 Å². The molecule has 24 heavy (non-hydrogen) atoms. The molecule has 2 atom stereocenters. The summed E-state index contributed by atoms with van der Waals surface area (Å²) in [6.07, 6.45) is 5.59. The number of nitrogens with one attached hydrogen (secondary N) is 2. The lowest BCUT2D eigenvalue weighted by molar-refractivity contribution is -0.132. The third-order valence-corrected chi connectivity index (χ3v) is 5.40. The van der Waals surface area contributed by atoms with E-state index in [1.807, 2.05) is 17.3 Å². The van der Waals surface area contributed by atoms with Crippen molar-refractivity contribution in [1.29, 1.82) is 0 Å². The van der Waals surface area contributed by atoms with Crippen LogP contribution in [0.15, 0.2) is 12.4 Å². The Morgan fingerprint density at radius 3 is 3.08 bits per heavy atom. The average Bonchev–Trinajstić information content (AvgIpc) is 3.24. The highest BCUT2D eigenvalue weighted by Crippen LogP contribution is 2.39. The average molecular weight is 333 g/mol. The molecule has 132 valence electrons. The van der Waals surface area contributed by atoms with Crippen LogP contribution in [0.3, 0.4) is 0 Å². The molecule has 1 aromatic rings. The quantitative estimate of drug-likeness (QED) is 0.720.